The summed E-state index contributed by atoms with van der Waals surface area (Å²) < 4.78 is 40.0. The summed E-state index contributed by atoms with van der Waals surface area (Å²) >= 11 is 11.9. The topological polar surface area (TPSA) is 49.4 Å². The monoisotopic (exact) mass is 430 g/mol. The Morgan fingerprint density at radius 3 is 2.22 bits per heavy atom. The fourth-order valence-electron chi connectivity index (χ4n) is 3.20. The van der Waals surface area contributed by atoms with Crippen molar-refractivity contribution in [1.82, 2.24) is 9.62 Å². The molecule has 0 spiro atoms. The van der Waals surface area contributed by atoms with E-state index in [0.717, 1.165) is 24.9 Å². The van der Waals surface area contributed by atoms with Gasteiger partial charge in [-0.2, -0.15) is 4.31 Å². The van der Waals surface area contributed by atoms with Crippen LogP contribution in [0.1, 0.15) is 18.4 Å². The molecule has 0 aromatic heterocycles. The van der Waals surface area contributed by atoms with Gasteiger partial charge in [0.25, 0.3) is 0 Å². The van der Waals surface area contributed by atoms with Crippen molar-refractivity contribution in [3.05, 3.63) is 63.9 Å². The van der Waals surface area contributed by atoms with E-state index in [1.807, 2.05) is 0 Å². The third kappa shape index (κ3) is 5.42. The number of piperidine rings is 1. The Morgan fingerprint density at radius 2 is 1.63 bits per heavy atom. The number of rotatable bonds is 6. The predicted molar refractivity (Wildman–Crippen MR) is 106 cm³/mol. The number of benzene rings is 2. The molecule has 1 saturated heterocycles. The normalized spacial score (nSPS) is 16.6. The number of hydrogen-bond donors (Lipinski definition) is 1. The Hall–Kier alpha value is -1.18. The Labute approximate surface area is 169 Å². The van der Waals surface area contributed by atoms with Crippen LogP contribution in [0, 0.1) is 11.7 Å². The summed E-state index contributed by atoms with van der Waals surface area (Å²) in [6.07, 6.45) is 1.56. The van der Waals surface area contributed by atoms with Crippen molar-refractivity contribution in [3.63, 3.8) is 0 Å². The van der Waals surface area contributed by atoms with Gasteiger partial charge in [-0.1, -0.05) is 35.3 Å². The fourth-order valence-corrected chi connectivity index (χ4v) is 5.40. The molecule has 1 aliphatic heterocycles. The first kappa shape index (κ1) is 20.6. The Morgan fingerprint density at radius 1 is 1.04 bits per heavy atom. The number of nitrogens with zero attached hydrogens (tertiary/aromatic N) is 1. The minimum atomic E-state index is -3.59. The zero-order valence-corrected chi connectivity index (χ0v) is 17.0. The van der Waals surface area contributed by atoms with E-state index in [-0.39, 0.29) is 10.7 Å². The molecule has 2 aromatic carbocycles. The maximum absolute atomic E-state index is 12.9. The number of sulfonamides is 1. The van der Waals surface area contributed by atoms with E-state index >= 15 is 0 Å². The van der Waals surface area contributed by atoms with Crippen LogP contribution in [0.5, 0.6) is 0 Å². The highest BCUT2D eigenvalue weighted by molar-refractivity contribution is 7.89. The van der Waals surface area contributed by atoms with E-state index in [9.17, 15) is 12.8 Å². The molecule has 0 atom stereocenters. The van der Waals surface area contributed by atoms with Gasteiger partial charge in [-0.3, -0.25) is 0 Å². The second-order valence-electron chi connectivity index (χ2n) is 6.71. The summed E-state index contributed by atoms with van der Waals surface area (Å²) in [5.74, 6) is 0.160. The molecule has 1 heterocycles. The molecule has 0 saturated carbocycles. The average Bonchev–Trinajstić information content (AvgIpc) is 2.63. The zero-order valence-electron chi connectivity index (χ0n) is 14.7. The Kier molecular flexibility index (Phi) is 6.76. The first-order valence-electron chi connectivity index (χ1n) is 8.76. The largest absolute Gasteiger partial charge is 0.312 e. The molecule has 3 rings (SSSR count). The molecule has 1 aliphatic rings. The first-order valence-corrected chi connectivity index (χ1v) is 11.0. The van der Waals surface area contributed by atoms with Crippen LogP contribution in [0.3, 0.4) is 0 Å². The van der Waals surface area contributed by atoms with E-state index in [1.165, 1.54) is 34.6 Å². The minimum Gasteiger partial charge on any atom is -0.312 e. The summed E-state index contributed by atoms with van der Waals surface area (Å²) in [6, 6.07) is 10.8. The minimum absolute atomic E-state index is 0.132. The van der Waals surface area contributed by atoms with E-state index in [2.05, 4.69) is 5.32 Å². The summed E-state index contributed by atoms with van der Waals surface area (Å²) in [6.45, 7) is 2.40. The molecule has 1 N–H and O–H groups in total. The quantitative estimate of drug-likeness (QED) is 0.741. The van der Waals surface area contributed by atoms with Crippen LogP contribution in [0.25, 0.3) is 0 Å². The maximum atomic E-state index is 12.9. The van der Waals surface area contributed by atoms with Crippen molar-refractivity contribution in [2.24, 2.45) is 5.92 Å². The maximum Gasteiger partial charge on any atom is 0.243 e. The SMILES string of the molecule is O=S(=O)(c1cc(Cl)cc(Cl)c1)N1CCC(CNCc2ccc(F)cc2)CC1. The number of nitrogens with one attached hydrogen (secondary N) is 1. The molecule has 2 aromatic rings. The highest BCUT2D eigenvalue weighted by Crippen LogP contribution is 2.27. The lowest BCUT2D eigenvalue weighted by Crippen LogP contribution is -2.40. The lowest BCUT2D eigenvalue weighted by atomic mass is 9.98. The van der Waals surface area contributed by atoms with Gasteiger partial charge in [-0.05, 0) is 61.2 Å². The Bertz CT molecular complexity index is 863. The molecule has 0 amide bonds. The number of hydrogen-bond acceptors (Lipinski definition) is 3. The average molecular weight is 431 g/mol. The summed E-state index contributed by atoms with van der Waals surface area (Å²) in [4.78, 5) is 0.132. The lowest BCUT2D eigenvalue weighted by Gasteiger charge is -2.31. The molecule has 0 unspecified atom stereocenters. The second-order valence-corrected chi connectivity index (χ2v) is 9.52. The molecule has 1 fully saturated rings. The van der Waals surface area contributed by atoms with Gasteiger partial charge in [-0.25, -0.2) is 12.8 Å². The van der Waals surface area contributed by atoms with Crippen molar-refractivity contribution in [1.29, 1.82) is 0 Å². The molecule has 0 radical (unpaired) electrons. The van der Waals surface area contributed by atoms with Gasteiger partial charge >= 0.3 is 0 Å². The van der Waals surface area contributed by atoms with Crippen molar-refractivity contribution >= 4 is 33.2 Å². The molecule has 27 heavy (non-hydrogen) atoms. The van der Waals surface area contributed by atoms with Crippen molar-refractivity contribution in [2.45, 2.75) is 24.3 Å². The van der Waals surface area contributed by atoms with Crippen LogP contribution in [0.15, 0.2) is 47.4 Å². The van der Waals surface area contributed by atoms with Crippen LogP contribution < -0.4 is 5.32 Å². The first-order chi connectivity index (χ1) is 12.8. The highest BCUT2D eigenvalue weighted by Gasteiger charge is 2.29. The second kappa shape index (κ2) is 8.88. The van der Waals surface area contributed by atoms with Crippen LogP contribution in [-0.4, -0.2) is 32.4 Å². The molecular formula is C19H21Cl2FN2O2S. The predicted octanol–water partition coefficient (Wildman–Crippen LogP) is 4.32. The summed E-state index contributed by atoms with van der Waals surface area (Å²) in [7, 11) is -3.59. The van der Waals surface area contributed by atoms with Crippen molar-refractivity contribution < 1.29 is 12.8 Å². The zero-order chi connectivity index (χ0) is 19.4. The third-order valence-electron chi connectivity index (χ3n) is 4.72. The van der Waals surface area contributed by atoms with Gasteiger partial charge in [0, 0.05) is 29.7 Å². The standard InChI is InChI=1S/C19H21Cl2FN2O2S/c20-16-9-17(21)11-19(10-16)27(25,26)24-7-5-15(6-8-24)13-23-12-14-1-3-18(22)4-2-14/h1-4,9-11,15,23H,5-8,12-13H2. The Balaban J connectivity index is 1.51. The van der Waals surface area contributed by atoms with Crippen LogP contribution >= 0.6 is 23.2 Å². The highest BCUT2D eigenvalue weighted by atomic mass is 35.5. The van der Waals surface area contributed by atoms with Gasteiger partial charge < -0.3 is 5.32 Å². The van der Waals surface area contributed by atoms with E-state index in [4.69, 9.17) is 23.2 Å². The van der Waals surface area contributed by atoms with Gasteiger partial charge in [0.1, 0.15) is 5.82 Å². The van der Waals surface area contributed by atoms with Crippen LogP contribution in [0.2, 0.25) is 10.0 Å². The van der Waals surface area contributed by atoms with Crippen molar-refractivity contribution in [2.75, 3.05) is 19.6 Å². The van der Waals surface area contributed by atoms with Crippen LogP contribution in [0.4, 0.5) is 4.39 Å². The van der Waals surface area contributed by atoms with Crippen molar-refractivity contribution in [3.8, 4) is 0 Å². The molecular weight excluding hydrogens is 410 g/mol. The summed E-state index contributed by atoms with van der Waals surface area (Å²) in [5.41, 5.74) is 1.02. The van der Waals surface area contributed by atoms with E-state index in [1.54, 1.807) is 12.1 Å². The smallest absolute Gasteiger partial charge is 0.243 e. The van der Waals surface area contributed by atoms with Gasteiger partial charge in [0.05, 0.1) is 4.90 Å². The van der Waals surface area contributed by atoms with Gasteiger partial charge in [-0.15, -0.1) is 0 Å². The van der Waals surface area contributed by atoms with Gasteiger partial charge in [0.15, 0.2) is 0 Å². The third-order valence-corrected chi connectivity index (χ3v) is 7.04. The van der Waals surface area contributed by atoms with E-state index < -0.39 is 10.0 Å². The molecule has 146 valence electrons. The van der Waals surface area contributed by atoms with Crippen LogP contribution in [-0.2, 0) is 16.6 Å². The number of halogens is 3. The molecule has 8 heteroatoms. The van der Waals surface area contributed by atoms with E-state index in [0.29, 0.717) is 35.6 Å². The molecule has 0 bridgehead atoms. The molecule has 4 nitrogen and oxygen atoms in total. The summed E-state index contributed by atoms with van der Waals surface area (Å²) in [5, 5.41) is 3.98. The van der Waals surface area contributed by atoms with Gasteiger partial charge in [0.2, 0.25) is 10.0 Å². The fraction of sp³-hybridized carbons (Fsp3) is 0.368. The molecule has 0 aliphatic carbocycles. The lowest BCUT2D eigenvalue weighted by molar-refractivity contribution is 0.267.